The molecule has 1 aliphatic rings. The number of likely N-dealkylation sites (tertiary alicyclic amines) is 1. The molecule has 1 fully saturated rings. The lowest BCUT2D eigenvalue weighted by molar-refractivity contribution is 0.209. The molecule has 2 aromatic heterocycles. The summed E-state index contributed by atoms with van der Waals surface area (Å²) in [6, 6.07) is 8.42. The highest BCUT2D eigenvalue weighted by Crippen LogP contribution is 2.25. The van der Waals surface area contributed by atoms with Crippen molar-refractivity contribution in [2.45, 2.75) is 25.4 Å². The Hall–Kier alpha value is -0.810. The first-order valence-corrected chi connectivity index (χ1v) is 8.25. The van der Waals surface area contributed by atoms with E-state index in [9.17, 15) is 0 Å². The molecule has 0 saturated carbocycles. The van der Waals surface area contributed by atoms with Crippen LogP contribution in [-0.4, -0.2) is 24.5 Å². The van der Waals surface area contributed by atoms with Gasteiger partial charge in [0.2, 0.25) is 0 Å². The summed E-state index contributed by atoms with van der Waals surface area (Å²) in [6.07, 6.45) is 4.34. The highest BCUT2D eigenvalue weighted by atomic mass is 35.5. The minimum Gasteiger partial charge on any atom is -0.468 e. The molecule has 0 aliphatic carbocycles. The molecule has 3 heterocycles. The van der Waals surface area contributed by atoms with Crippen LogP contribution in [0.1, 0.15) is 29.5 Å². The maximum absolute atomic E-state index is 5.95. The Kier molecular flexibility index (Phi) is 4.78. The first-order chi connectivity index (χ1) is 9.83. The van der Waals surface area contributed by atoms with Crippen molar-refractivity contribution in [1.29, 1.82) is 0 Å². The van der Waals surface area contributed by atoms with Gasteiger partial charge in [-0.3, -0.25) is 4.90 Å². The lowest BCUT2D eigenvalue weighted by Gasteiger charge is -2.26. The van der Waals surface area contributed by atoms with Crippen molar-refractivity contribution < 1.29 is 4.42 Å². The van der Waals surface area contributed by atoms with E-state index < -0.39 is 0 Å². The predicted octanol–water partition coefficient (Wildman–Crippen LogP) is 3.92. The van der Waals surface area contributed by atoms with E-state index in [1.165, 1.54) is 17.7 Å². The third-order valence-electron chi connectivity index (χ3n) is 3.72. The number of furan rings is 1. The number of nitrogens with one attached hydrogen (secondary N) is 1. The molecule has 1 saturated heterocycles. The maximum atomic E-state index is 5.95. The highest BCUT2D eigenvalue weighted by Gasteiger charge is 2.25. The average Bonchev–Trinajstić information content (AvgIpc) is 3.18. The molecule has 0 amide bonds. The highest BCUT2D eigenvalue weighted by molar-refractivity contribution is 7.16. The van der Waals surface area contributed by atoms with Gasteiger partial charge in [0.1, 0.15) is 5.76 Å². The minimum absolute atomic E-state index is 0.336. The SMILES string of the molecule is Clc1ccc(CNCC(c2ccco2)N2CCCC2)s1. The Morgan fingerprint density at radius 3 is 2.80 bits per heavy atom. The summed E-state index contributed by atoms with van der Waals surface area (Å²) in [4.78, 5) is 3.78. The van der Waals surface area contributed by atoms with Crippen molar-refractivity contribution in [3.8, 4) is 0 Å². The van der Waals surface area contributed by atoms with Crippen LogP contribution in [0.5, 0.6) is 0 Å². The molecule has 0 radical (unpaired) electrons. The van der Waals surface area contributed by atoms with Gasteiger partial charge < -0.3 is 9.73 Å². The quantitative estimate of drug-likeness (QED) is 0.876. The summed E-state index contributed by atoms with van der Waals surface area (Å²) in [5.74, 6) is 1.06. The fourth-order valence-corrected chi connectivity index (χ4v) is 3.78. The van der Waals surface area contributed by atoms with E-state index >= 15 is 0 Å². The standard InChI is InChI=1S/C15H19ClN2OS/c16-15-6-5-12(20-15)10-17-11-13(14-4-3-9-19-14)18-7-1-2-8-18/h3-6,9,13,17H,1-2,7-8,10-11H2. The fraction of sp³-hybridized carbons (Fsp3) is 0.467. The average molecular weight is 311 g/mol. The third-order valence-corrected chi connectivity index (χ3v) is 4.95. The van der Waals surface area contributed by atoms with Crippen molar-refractivity contribution >= 4 is 22.9 Å². The number of hydrogen-bond donors (Lipinski definition) is 1. The zero-order valence-corrected chi connectivity index (χ0v) is 12.9. The van der Waals surface area contributed by atoms with Crippen LogP contribution >= 0.6 is 22.9 Å². The molecular formula is C15H19ClN2OS. The summed E-state index contributed by atoms with van der Waals surface area (Å²) in [5, 5.41) is 3.53. The maximum Gasteiger partial charge on any atom is 0.122 e. The molecular weight excluding hydrogens is 292 g/mol. The zero-order chi connectivity index (χ0) is 13.8. The molecule has 1 aliphatic heterocycles. The largest absolute Gasteiger partial charge is 0.468 e. The number of hydrogen-bond acceptors (Lipinski definition) is 4. The molecule has 3 nitrogen and oxygen atoms in total. The van der Waals surface area contributed by atoms with Gasteiger partial charge in [0, 0.05) is 18.0 Å². The lowest BCUT2D eigenvalue weighted by atomic mass is 10.2. The Balaban J connectivity index is 1.58. The van der Waals surface area contributed by atoms with Crippen LogP contribution < -0.4 is 5.32 Å². The summed E-state index contributed by atoms with van der Waals surface area (Å²) < 4.78 is 6.47. The van der Waals surface area contributed by atoms with Crippen LogP contribution in [-0.2, 0) is 6.54 Å². The molecule has 1 atom stereocenters. The van der Waals surface area contributed by atoms with E-state index in [1.807, 2.05) is 12.1 Å². The number of halogens is 1. The second kappa shape index (κ2) is 6.76. The first kappa shape index (κ1) is 14.1. The van der Waals surface area contributed by atoms with E-state index in [2.05, 4.69) is 22.3 Å². The Labute approximate surface area is 128 Å². The van der Waals surface area contributed by atoms with Crippen molar-refractivity contribution in [3.63, 3.8) is 0 Å². The van der Waals surface area contributed by atoms with E-state index in [0.29, 0.717) is 6.04 Å². The van der Waals surface area contributed by atoms with Gasteiger partial charge >= 0.3 is 0 Å². The molecule has 108 valence electrons. The van der Waals surface area contributed by atoms with Crippen LogP contribution in [0.25, 0.3) is 0 Å². The van der Waals surface area contributed by atoms with Crippen LogP contribution in [0.15, 0.2) is 34.9 Å². The Morgan fingerprint density at radius 1 is 1.30 bits per heavy atom. The zero-order valence-electron chi connectivity index (χ0n) is 11.3. The summed E-state index contributed by atoms with van der Waals surface area (Å²) in [5.41, 5.74) is 0. The predicted molar refractivity (Wildman–Crippen MR) is 83.3 cm³/mol. The van der Waals surface area contributed by atoms with Crippen LogP contribution in [0, 0.1) is 0 Å². The monoisotopic (exact) mass is 310 g/mol. The number of thiophene rings is 1. The smallest absolute Gasteiger partial charge is 0.122 e. The summed E-state index contributed by atoms with van der Waals surface area (Å²) in [7, 11) is 0. The van der Waals surface area contributed by atoms with E-state index in [1.54, 1.807) is 17.6 Å². The Morgan fingerprint density at radius 2 is 2.15 bits per heavy atom. The van der Waals surface area contributed by atoms with Gasteiger partial charge in [0.25, 0.3) is 0 Å². The fourth-order valence-electron chi connectivity index (χ4n) is 2.72. The van der Waals surface area contributed by atoms with E-state index in [4.69, 9.17) is 16.0 Å². The van der Waals surface area contributed by atoms with Crippen molar-refractivity contribution in [1.82, 2.24) is 10.2 Å². The normalized spacial score (nSPS) is 17.6. The molecule has 5 heteroatoms. The van der Waals surface area contributed by atoms with Gasteiger partial charge in [-0.15, -0.1) is 11.3 Å². The molecule has 0 bridgehead atoms. The van der Waals surface area contributed by atoms with Gasteiger partial charge in [0.15, 0.2) is 0 Å². The second-order valence-electron chi connectivity index (χ2n) is 5.11. The van der Waals surface area contributed by atoms with Gasteiger partial charge in [-0.05, 0) is 50.2 Å². The molecule has 1 N–H and O–H groups in total. The minimum atomic E-state index is 0.336. The number of nitrogens with zero attached hydrogens (tertiary/aromatic N) is 1. The van der Waals surface area contributed by atoms with Gasteiger partial charge in [-0.25, -0.2) is 0 Å². The molecule has 0 aromatic carbocycles. The van der Waals surface area contributed by atoms with Gasteiger partial charge in [-0.2, -0.15) is 0 Å². The van der Waals surface area contributed by atoms with Crippen LogP contribution in [0.4, 0.5) is 0 Å². The van der Waals surface area contributed by atoms with Gasteiger partial charge in [-0.1, -0.05) is 11.6 Å². The molecule has 3 rings (SSSR count). The second-order valence-corrected chi connectivity index (χ2v) is 6.91. The topological polar surface area (TPSA) is 28.4 Å². The van der Waals surface area contributed by atoms with Crippen molar-refractivity contribution in [2.24, 2.45) is 0 Å². The van der Waals surface area contributed by atoms with Crippen molar-refractivity contribution in [2.75, 3.05) is 19.6 Å². The van der Waals surface area contributed by atoms with Crippen LogP contribution in [0.3, 0.4) is 0 Å². The molecule has 0 spiro atoms. The van der Waals surface area contributed by atoms with E-state index in [-0.39, 0.29) is 0 Å². The van der Waals surface area contributed by atoms with E-state index in [0.717, 1.165) is 36.3 Å². The Bertz CT molecular complexity index is 520. The van der Waals surface area contributed by atoms with Crippen LogP contribution in [0.2, 0.25) is 4.34 Å². The molecule has 20 heavy (non-hydrogen) atoms. The summed E-state index contributed by atoms with van der Waals surface area (Å²) >= 11 is 7.59. The van der Waals surface area contributed by atoms with Crippen molar-refractivity contribution in [3.05, 3.63) is 45.5 Å². The first-order valence-electron chi connectivity index (χ1n) is 7.05. The molecule has 2 aromatic rings. The molecule has 1 unspecified atom stereocenters. The lowest BCUT2D eigenvalue weighted by Crippen LogP contribution is -2.33. The van der Waals surface area contributed by atoms with Gasteiger partial charge in [0.05, 0.1) is 16.6 Å². The number of rotatable bonds is 6. The third kappa shape index (κ3) is 3.44. The summed E-state index contributed by atoms with van der Waals surface area (Å²) in [6.45, 7) is 4.10.